The lowest BCUT2D eigenvalue weighted by molar-refractivity contribution is -0.119. The van der Waals surface area contributed by atoms with E-state index < -0.39 is 0 Å². The zero-order chi connectivity index (χ0) is 14.4. The molecule has 3 heteroatoms. The van der Waals surface area contributed by atoms with E-state index in [4.69, 9.17) is 11.6 Å². The molecular weight excluding hydrogens is 270 g/mol. The van der Waals surface area contributed by atoms with E-state index in [0.29, 0.717) is 19.5 Å². The van der Waals surface area contributed by atoms with Crippen LogP contribution in [0.1, 0.15) is 11.1 Å². The second-order valence-electron chi connectivity index (χ2n) is 4.96. The number of carbonyl (C=O) groups is 1. The first-order valence-corrected chi connectivity index (χ1v) is 7.00. The highest BCUT2D eigenvalue weighted by molar-refractivity contribution is 6.31. The summed E-state index contributed by atoms with van der Waals surface area (Å²) in [5.74, 6) is 0.214. The summed E-state index contributed by atoms with van der Waals surface area (Å²) < 4.78 is 0. The lowest BCUT2D eigenvalue weighted by Gasteiger charge is -2.16. The Bertz CT molecular complexity index is 568. The summed E-state index contributed by atoms with van der Waals surface area (Å²) >= 11 is 6.12. The number of rotatable bonds is 6. The van der Waals surface area contributed by atoms with Gasteiger partial charge < -0.3 is 0 Å². The molecule has 0 aliphatic rings. The van der Waals surface area contributed by atoms with E-state index >= 15 is 0 Å². The summed E-state index contributed by atoms with van der Waals surface area (Å²) in [4.78, 5) is 14.0. The van der Waals surface area contributed by atoms with Gasteiger partial charge in [0.2, 0.25) is 0 Å². The van der Waals surface area contributed by atoms with Gasteiger partial charge in [0, 0.05) is 18.0 Å². The fourth-order valence-electron chi connectivity index (χ4n) is 2.15. The number of Topliss-reactive ketones (excluding diaryl/α,β-unsaturated/α-hetero) is 1. The summed E-state index contributed by atoms with van der Waals surface area (Å²) in [6, 6.07) is 17.5. The Morgan fingerprint density at radius 2 is 1.70 bits per heavy atom. The molecule has 2 rings (SSSR count). The van der Waals surface area contributed by atoms with Crippen molar-refractivity contribution in [1.82, 2.24) is 4.90 Å². The van der Waals surface area contributed by atoms with Crippen LogP contribution in [0.25, 0.3) is 0 Å². The average Bonchev–Trinajstić information content (AvgIpc) is 2.42. The Labute approximate surface area is 125 Å². The van der Waals surface area contributed by atoms with Gasteiger partial charge in [-0.3, -0.25) is 9.69 Å². The van der Waals surface area contributed by atoms with Crippen molar-refractivity contribution >= 4 is 17.4 Å². The van der Waals surface area contributed by atoms with E-state index in [1.165, 1.54) is 0 Å². The van der Waals surface area contributed by atoms with Crippen LogP contribution in [0.15, 0.2) is 54.6 Å². The summed E-state index contributed by atoms with van der Waals surface area (Å²) in [5.41, 5.74) is 2.10. The van der Waals surface area contributed by atoms with Gasteiger partial charge in [0.15, 0.2) is 5.78 Å². The quantitative estimate of drug-likeness (QED) is 0.809. The topological polar surface area (TPSA) is 20.3 Å². The molecule has 2 aromatic rings. The lowest BCUT2D eigenvalue weighted by atomic mass is 10.1. The molecule has 0 radical (unpaired) electrons. The number of hydrogen-bond donors (Lipinski definition) is 0. The molecule has 0 bridgehead atoms. The van der Waals surface area contributed by atoms with Crippen molar-refractivity contribution in [2.24, 2.45) is 0 Å². The molecule has 0 heterocycles. The Kier molecular flexibility index (Phi) is 5.33. The highest BCUT2D eigenvalue weighted by Crippen LogP contribution is 2.16. The summed E-state index contributed by atoms with van der Waals surface area (Å²) in [6.45, 7) is 1.11. The van der Waals surface area contributed by atoms with Crippen LogP contribution < -0.4 is 0 Å². The van der Waals surface area contributed by atoms with E-state index in [2.05, 4.69) is 0 Å². The van der Waals surface area contributed by atoms with Gasteiger partial charge in [0.25, 0.3) is 0 Å². The zero-order valence-corrected chi connectivity index (χ0v) is 12.3. The minimum atomic E-state index is 0.214. The van der Waals surface area contributed by atoms with Gasteiger partial charge >= 0.3 is 0 Å². The predicted molar refractivity (Wildman–Crippen MR) is 82.9 cm³/mol. The van der Waals surface area contributed by atoms with Crippen molar-refractivity contribution in [3.63, 3.8) is 0 Å². The number of hydrogen-bond acceptors (Lipinski definition) is 2. The first kappa shape index (κ1) is 14.8. The molecule has 0 unspecified atom stereocenters. The number of benzene rings is 2. The van der Waals surface area contributed by atoms with E-state index in [1.54, 1.807) is 0 Å². The molecule has 0 fully saturated rings. The number of carbonyl (C=O) groups excluding carboxylic acids is 1. The molecule has 2 nitrogen and oxygen atoms in total. The van der Waals surface area contributed by atoms with Gasteiger partial charge in [-0.05, 0) is 24.2 Å². The molecule has 0 saturated carbocycles. The first-order valence-electron chi connectivity index (χ1n) is 6.63. The molecule has 0 aromatic heterocycles. The molecule has 0 amide bonds. The Hall–Kier alpha value is -1.64. The zero-order valence-electron chi connectivity index (χ0n) is 11.6. The Morgan fingerprint density at radius 3 is 2.40 bits per heavy atom. The summed E-state index contributed by atoms with van der Waals surface area (Å²) in [6.07, 6.45) is 0.480. The molecule has 0 aliphatic carbocycles. The molecule has 0 saturated heterocycles. The molecular formula is C17H18ClNO. The third-order valence-corrected chi connectivity index (χ3v) is 3.46. The predicted octanol–water partition coefficient (Wildman–Crippen LogP) is 3.58. The monoisotopic (exact) mass is 287 g/mol. The average molecular weight is 288 g/mol. The van der Waals surface area contributed by atoms with Gasteiger partial charge in [0.1, 0.15) is 0 Å². The molecule has 0 atom stereocenters. The first-order chi connectivity index (χ1) is 9.65. The fourth-order valence-corrected chi connectivity index (χ4v) is 2.35. The second-order valence-corrected chi connectivity index (χ2v) is 5.37. The SMILES string of the molecule is CN(CC(=O)Cc1ccccc1)Cc1ccccc1Cl. The van der Waals surface area contributed by atoms with Crippen LogP contribution in [-0.2, 0) is 17.8 Å². The lowest BCUT2D eigenvalue weighted by Crippen LogP contribution is -2.26. The van der Waals surface area contributed by atoms with Gasteiger partial charge in [-0.2, -0.15) is 0 Å². The van der Waals surface area contributed by atoms with Crippen LogP contribution in [0.4, 0.5) is 0 Å². The molecule has 0 spiro atoms. The van der Waals surface area contributed by atoms with Crippen LogP contribution in [0.3, 0.4) is 0 Å². The third kappa shape index (κ3) is 4.48. The molecule has 2 aromatic carbocycles. The number of likely N-dealkylation sites (N-methyl/N-ethyl adjacent to an activating group) is 1. The maximum atomic E-state index is 12.0. The van der Waals surface area contributed by atoms with Gasteiger partial charge in [-0.1, -0.05) is 60.1 Å². The summed E-state index contributed by atoms with van der Waals surface area (Å²) in [7, 11) is 1.94. The molecule has 0 N–H and O–H groups in total. The number of nitrogens with zero attached hydrogens (tertiary/aromatic N) is 1. The maximum Gasteiger partial charge on any atom is 0.151 e. The van der Waals surface area contributed by atoms with Crippen molar-refractivity contribution in [3.8, 4) is 0 Å². The van der Waals surface area contributed by atoms with Crippen LogP contribution in [0.2, 0.25) is 5.02 Å². The standard InChI is InChI=1S/C17H18ClNO/c1-19(12-15-9-5-6-10-17(15)18)13-16(20)11-14-7-3-2-4-8-14/h2-10H,11-13H2,1H3. The van der Waals surface area contributed by atoms with E-state index in [1.807, 2.05) is 66.5 Å². The van der Waals surface area contributed by atoms with Gasteiger partial charge in [0.05, 0.1) is 6.54 Å². The van der Waals surface area contributed by atoms with Crippen molar-refractivity contribution in [3.05, 3.63) is 70.7 Å². The van der Waals surface area contributed by atoms with Crippen LogP contribution in [-0.4, -0.2) is 24.3 Å². The third-order valence-electron chi connectivity index (χ3n) is 3.09. The molecule has 104 valence electrons. The maximum absolute atomic E-state index is 12.0. The van der Waals surface area contributed by atoms with Crippen LogP contribution in [0.5, 0.6) is 0 Å². The Morgan fingerprint density at radius 1 is 1.05 bits per heavy atom. The summed E-state index contributed by atoms with van der Waals surface area (Å²) in [5, 5.41) is 0.745. The Balaban J connectivity index is 1.87. The normalized spacial score (nSPS) is 10.8. The van der Waals surface area contributed by atoms with E-state index in [0.717, 1.165) is 16.1 Å². The van der Waals surface area contributed by atoms with Crippen molar-refractivity contribution in [2.45, 2.75) is 13.0 Å². The van der Waals surface area contributed by atoms with Gasteiger partial charge in [-0.25, -0.2) is 0 Å². The molecule has 20 heavy (non-hydrogen) atoms. The van der Waals surface area contributed by atoms with Crippen LogP contribution >= 0.6 is 11.6 Å². The van der Waals surface area contributed by atoms with Crippen molar-refractivity contribution in [2.75, 3.05) is 13.6 Å². The number of halogens is 1. The fraction of sp³-hybridized carbons (Fsp3) is 0.235. The van der Waals surface area contributed by atoms with Crippen LogP contribution in [0, 0.1) is 0 Å². The minimum Gasteiger partial charge on any atom is -0.298 e. The van der Waals surface area contributed by atoms with Crippen molar-refractivity contribution < 1.29 is 4.79 Å². The highest BCUT2D eigenvalue weighted by Gasteiger charge is 2.09. The smallest absolute Gasteiger partial charge is 0.151 e. The highest BCUT2D eigenvalue weighted by atomic mass is 35.5. The number of ketones is 1. The largest absolute Gasteiger partial charge is 0.298 e. The van der Waals surface area contributed by atoms with E-state index in [9.17, 15) is 4.79 Å². The van der Waals surface area contributed by atoms with E-state index in [-0.39, 0.29) is 5.78 Å². The minimum absolute atomic E-state index is 0.214. The van der Waals surface area contributed by atoms with Crippen molar-refractivity contribution in [1.29, 1.82) is 0 Å². The molecule has 0 aliphatic heterocycles. The second kappa shape index (κ2) is 7.22. The van der Waals surface area contributed by atoms with Gasteiger partial charge in [-0.15, -0.1) is 0 Å².